The van der Waals surface area contributed by atoms with Gasteiger partial charge in [0.25, 0.3) is 5.89 Å². The van der Waals surface area contributed by atoms with Gasteiger partial charge in [-0.25, -0.2) is 0 Å². The second kappa shape index (κ2) is 6.16. The van der Waals surface area contributed by atoms with Crippen LogP contribution in [-0.2, 0) is 19.6 Å². The molecule has 19 heavy (non-hydrogen) atoms. The Kier molecular flexibility index (Phi) is 4.55. The van der Waals surface area contributed by atoms with E-state index in [4.69, 9.17) is 14.9 Å². The highest BCUT2D eigenvalue weighted by Gasteiger charge is 2.10. The molecule has 5 nitrogen and oxygen atoms in total. The third kappa shape index (κ3) is 3.33. The molecule has 2 aromatic rings. The first-order valence-electron chi connectivity index (χ1n) is 6.07. The van der Waals surface area contributed by atoms with E-state index in [2.05, 4.69) is 26.1 Å². The molecule has 2 rings (SSSR count). The molecule has 1 aromatic heterocycles. The first-order valence-corrected chi connectivity index (χ1v) is 6.86. The van der Waals surface area contributed by atoms with Crippen LogP contribution in [0.2, 0.25) is 0 Å². The number of nitrogens with zero attached hydrogens (tertiary/aromatic N) is 2. The first kappa shape index (κ1) is 14.0. The van der Waals surface area contributed by atoms with Gasteiger partial charge in [0.05, 0.1) is 0 Å². The highest BCUT2D eigenvalue weighted by atomic mass is 79.9. The number of aromatic nitrogens is 2. The van der Waals surface area contributed by atoms with Crippen molar-refractivity contribution in [3.63, 3.8) is 0 Å². The Morgan fingerprint density at radius 2 is 2.05 bits per heavy atom. The van der Waals surface area contributed by atoms with Crippen molar-refractivity contribution in [2.24, 2.45) is 5.73 Å². The fourth-order valence-corrected chi connectivity index (χ4v) is 2.40. The lowest BCUT2D eigenvalue weighted by Crippen LogP contribution is -2.04. The van der Waals surface area contributed by atoms with Crippen molar-refractivity contribution in [2.75, 3.05) is 0 Å². The molecule has 6 heteroatoms. The summed E-state index contributed by atoms with van der Waals surface area (Å²) in [6.45, 7) is 4.61. The van der Waals surface area contributed by atoms with Crippen molar-refractivity contribution in [3.05, 3.63) is 39.5 Å². The molecule has 0 unspecified atom stereocenters. The van der Waals surface area contributed by atoms with Crippen LogP contribution in [0.15, 0.2) is 21.0 Å². The van der Waals surface area contributed by atoms with Gasteiger partial charge in [-0.3, -0.25) is 0 Å². The predicted octanol–water partition coefficient (Wildman–Crippen LogP) is 2.74. The SMILES string of the molecule is CCc1nnc(COc2c(C)cc(Br)cc2CN)o1. The average molecular weight is 326 g/mol. The van der Waals surface area contributed by atoms with Gasteiger partial charge in [-0.2, -0.15) is 0 Å². The van der Waals surface area contributed by atoms with Gasteiger partial charge in [0.1, 0.15) is 5.75 Å². The number of hydrogen-bond donors (Lipinski definition) is 1. The van der Waals surface area contributed by atoms with E-state index < -0.39 is 0 Å². The monoisotopic (exact) mass is 325 g/mol. The molecular weight excluding hydrogens is 310 g/mol. The number of hydrogen-bond acceptors (Lipinski definition) is 5. The molecule has 1 aromatic carbocycles. The van der Waals surface area contributed by atoms with Gasteiger partial charge < -0.3 is 14.9 Å². The number of halogens is 1. The van der Waals surface area contributed by atoms with E-state index in [1.807, 2.05) is 26.0 Å². The summed E-state index contributed by atoms with van der Waals surface area (Å²) in [5.41, 5.74) is 7.70. The minimum atomic E-state index is 0.252. The Morgan fingerprint density at radius 3 is 2.68 bits per heavy atom. The van der Waals surface area contributed by atoms with Crippen molar-refractivity contribution < 1.29 is 9.15 Å². The molecule has 0 amide bonds. The number of nitrogens with two attached hydrogens (primary N) is 1. The normalized spacial score (nSPS) is 10.7. The third-order valence-electron chi connectivity index (χ3n) is 2.69. The van der Waals surface area contributed by atoms with Crippen LogP contribution in [0, 0.1) is 6.92 Å². The summed E-state index contributed by atoms with van der Waals surface area (Å²) >= 11 is 3.44. The van der Waals surface area contributed by atoms with Crippen LogP contribution in [0.4, 0.5) is 0 Å². The summed E-state index contributed by atoms with van der Waals surface area (Å²) in [5.74, 6) is 1.87. The lowest BCUT2D eigenvalue weighted by molar-refractivity contribution is 0.255. The minimum Gasteiger partial charge on any atom is -0.483 e. The molecule has 0 bridgehead atoms. The minimum absolute atomic E-state index is 0.252. The van der Waals surface area contributed by atoms with Gasteiger partial charge in [0, 0.05) is 23.0 Å². The Hall–Kier alpha value is -1.40. The summed E-state index contributed by atoms with van der Waals surface area (Å²) in [5, 5.41) is 7.82. The zero-order valence-electron chi connectivity index (χ0n) is 10.9. The highest BCUT2D eigenvalue weighted by molar-refractivity contribution is 9.10. The summed E-state index contributed by atoms with van der Waals surface area (Å²) in [6.07, 6.45) is 0.721. The fraction of sp³-hybridized carbons (Fsp3) is 0.385. The van der Waals surface area contributed by atoms with Crippen LogP contribution in [0.3, 0.4) is 0 Å². The first-order chi connectivity index (χ1) is 9.13. The van der Waals surface area contributed by atoms with Gasteiger partial charge >= 0.3 is 0 Å². The van der Waals surface area contributed by atoms with Crippen molar-refractivity contribution in [3.8, 4) is 5.75 Å². The van der Waals surface area contributed by atoms with Crippen molar-refractivity contribution in [2.45, 2.75) is 33.4 Å². The zero-order valence-corrected chi connectivity index (χ0v) is 12.5. The average Bonchev–Trinajstić information content (AvgIpc) is 2.84. The van der Waals surface area contributed by atoms with Crippen molar-refractivity contribution in [1.29, 1.82) is 0 Å². The molecule has 0 saturated carbocycles. The number of benzene rings is 1. The molecule has 2 N–H and O–H groups in total. The van der Waals surface area contributed by atoms with Gasteiger partial charge in [0.15, 0.2) is 6.61 Å². The molecule has 0 aliphatic heterocycles. The van der Waals surface area contributed by atoms with Gasteiger partial charge in [0.2, 0.25) is 5.89 Å². The van der Waals surface area contributed by atoms with Crippen molar-refractivity contribution in [1.82, 2.24) is 10.2 Å². The van der Waals surface area contributed by atoms with Crippen molar-refractivity contribution >= 4 is 15.9 Å². The Balaban J connectivity index is 2.14. The Labute approximate surface area is 120 Å². The van der Waals surface area contributed by atoms with E-state index in [0.29, 0.717) is 18.3 Å². The summed E-state index contributed by atoms with van der Waals surface area (Å²) < 4.78 is 12.2. The maximum absolute atomic E-state index is 5.76. The second-order valence-corrected chi connectivity index (χ2v) is 5.06. The Morgan fingerprint density at radius 1 is 1.32 bits per heavy atom. The lowest BCUT2D eigenvalue weighted by atomic mass is 10.1. The Bertz CT molecular complexity index is 569. The molecule has 0 atom stereocenters. The number of aryl methyl sites for hydroxylation is 2. The molecule has 1 heterocycles. The lowest BCUT2D eigenvalue weighted by Gasteiger charge is -2.12. The molecular formula is C13H16BrN3O2. The van der Waals surface area contributed by atoms with Crippen LogP contribution in [0.25, 0.3) is 0 Å². The number of rotatable bonds is 5. The zero-order chi connectivity index (χ0) is 13.8. The molecule has 0 saturated heterocycles. The quantitative estimate of drug-likeness (QED) is 0.914. The van der Waals surface area contributed by atoms with Gasteiger partial charge in [-0.05, 0) is 24.6 Å². The highest BCUT2D eigenvalue weighted by Crippen LogP contribution is 2.28. The van der Waals surface area contributed by atoms with Crippen LogP contribution in [-0.4, -0.2) is 10.2 Å². The van der Waals surface area contributed by atoms with Gasteiger partial charge in [-0.15, -0.1) is 10.2 Å². The van der Waals surface area contributed by atoms with E-state index in [1.54, 1.807) is 0 Å². The maximum Gasteiger partial charge on any atom is 0.253 e. The predicted molar refractivity (Wildman–Crippen MR) is 74.8 cm³/mol. The van der Waals surface area contributed by atoms with Gasteiger partial charge in [-0.1, -0.05) is 22.9 Å². The number of ether oxygens (including phenoxy) is 1. The van der Waals surface area contributed by atoms with Crippen LogP contribution < -0.4 is 10.5 Å². The van der Waals surface area contributed by atoms with E-state index >= 15 is 0 Å². The van der Waals surface area contributed by atoms with E-state index in [-0.39, 0.29) is 6.61 Å². The molecule has 102 valence electrons. The van der Waals surface area contributed by atoms with E-state index in [9.17, 15) is 0 Å². The smallest absolute Gasteiger partial charge is 0.253 e. The molecule has 0 fully saturated rings. The van der Waals surface area contributed by atoms with Crippen LogP contribution in [0.1, 0.15) is 29.8 Å². The summed E-state index contributed by atoms with van der Waals surface area (Å²) in [4.78, 5) is 0. The molecule has 0 aliphatic carbocycles. The maximum atomic E-state index is 5.76. The second-order valence-electron chi connectivity index (χ2n) is 4.15. The van der Waals surface area contributed by atoms with E-state index in [1.165, 1.54) is 0 Å². The molecule has 0 spiro atoms. The molecule has 0 aliphatic rings. The topological polar surface area (TPSA) is 74.2 Å². The van der Waals surface area contributed by atoms with Crippen LogP contribution in [0.5, 0.6) is 5.75 Å². The van der Waals surface area contributed by atoms with Crippen LogP contribution >= 0.6 is 15.9 Å². The third-order valence-corrected chi connectivity index (χ3v) is 3.15. The van der Waals surface area contributed by atoms with E-state index in [0.717, 1.165) is 27.8 Å². The standard InChI is InChI=1S/C13H16BrN3O2/c1-3-11-16-17-12(19-11)7-18-13-8(2)4-10(14)5-9(13)6-15/h4-5H,3,6-7,15H2,1-2H3. The largest absolute Gasteiger partial charge is 0.483 e. The summed E-state index contributed by atoms with van der Waals surface area (Å²) in [7, 11) is 0. The fourth-order valence-electron chi connectivity index (χ4n) is 1.78. The molecule has 0 radical (unpaired) electrons. The summed E-state index contributed by atoms with van der Waals surface area (Å²) in [6, 6.07) is 3.94.